The van der Waals surface area contributed by atoms with Crippen LogP contribution in [0.1, 0.15) is 18.4 Å². The Hall–Kier alpha value is -2.42. The molecular formula is C21H25ClN4O3S. The number of rotatable bonds is 7. The SMILES string of the molecule is CS(=O)(=O)N(CC(=O)NN=C1CCN(Cc2ccccc2)CC1)c1ccc(Cl)cc1. The second-order valence-corrected chi connectivity index (χ2v) is 9.56. The highest BCUT2D eigenvalue weighted by molar-refractivity contribution is 7.92. The number of amides is 1. The molecule has 0 aliphatic carbocycles. The maximum atomic E-state index is 12.3. The van der Waals surface area contributed by atoms with E-state index >= 15 is 0 Å². The summed E-state index contributed by atoms with van der Waals surface area (Å²) in [6, 6.07) is 16.6. The average molecular weight is 449 g/mol. The van der Waals surface area contributed by atoms with Crippen molar-refractivity contribution in [3.63, 3.8) is 0 Å². The van der Waals surface area contributed by atoms with Gasteiger partial charge in [-0.25, -0.2) is 13.8 Å². The van der Waals surface area contributed by atoms with Crippen molar-refractivity contribution >= 4 is 38.9 Å². The van der Waals surface area contributed by atoms with Crippen LogP contribution in [0.2, 0.25) is 5.02 Å². The first-order valence-corrected chi connectivity index (χ1v) is 11.9. The van der Waals surface area contributed by atoms with Crippen LogP contribution in [-0.2, 0) is 21.4 Å². The number of hydrogen-bond donors (Lipinski definition) is 1. The third-order valence-corrected chi connectivity index (χ3v) is 6.22. The Bertz CT molecular complexity index is 985. The Morgan fingerprint density at radius 1 is 1.10 bits per heavy atom. The first kappa shape index (κ1) is 22.3. The van der Waals surface area contributed by atoms with Crippen LogP contribution >= 0.6 is 11.6 Å². The van der Waals surface area contributed by atoms with E-state index in [0.29, 0.717) is 10.7 Å². The molecule has 2 aromatic carbocycles. The molecule has 2 aromatic rings. The van der Waals surface area contributed by atoms with Crippen LogP contribution in [0.3, 0.4) is 0 Å². The fourth-order valence-electron chi connectivity index (χ4n) is 3.24. The summed E-state index contributed by atoms with van der Waals surface area (Å²) in [5, 5.41) is 4.70. The number of carbonyl (C=O) groups excluding carboxylic acids is 1. The van der Waals surface area contributed by atoms with Crippen LogP contribution in [0.5, 0.6) is 0 Å². The predicted octanol–water partition coefficient (Wildman–Crippen LogP) is 2.87. The largest absolute Gasteiger partial charge is 0.298 e. The molecule has 9 heteroatoms. The molecule has 0 aromatic heterocycles. The van der Waals surface area contributed by atoms with Crippen LogP contribution in [0, 0.1) is 0 Å². The Balaban J connectivity index is 1.53. The predicted molar refractivity (Wildman–Crippen MR) is 120 cm³/mol. The van der Waals surface area contributed by atoms with E-state index in [9.17, 15) is 13.2 Å². The third kappa shape index (κ3) is 6.55. The molecule has 1 saturated heterocycles. The molecule has 0 spiro atoms. The lowest BCUT2D eigenvalue weighted by atomic mass is 10.1. The number of hydrogen-bond acceptors (Lipinski definition) is 5. The van der Waals surface area contributed by atoms with Crippen LogP contribution < -0.4 is 9.73 Å². The molecule has 1 aliphatic rings. The van der Waals surface area contributed by atoms with Crippen molar-refractivity contribution in [2.45, 2.75) is 19.4 Å². The Morgan fingerprint density at radius 3 is 2.33 bits per heavy atom. The molecule has 160 valence electrons. The standard InChI is InChI=1S/C21H25ClN4O3S/c1-30(28,29)26(20-9-7-18(22)8-10-20)16-21(27)24-23-19-11-13-25(14-12-19)15-17-5-3-2-4-6-17/h2-10H,11-16H2,1H3,(H,24,27). The molecule has 7 nitrogen and oxygen atoms in total. The summed E-state index contributed by atoms with van der Waals surface area (Å²) in [6.45, 7) is 2.27. The summed E-state index contributed by atoms with van der Waals surface area (Å²) in [7, 11) is -3.63. The molecule has 1 heterocycles. The van der Waals surface area contributed by atoms with Crippen molar-refractivity contribution in [1.29, 1.82) is 0 Å². The van der Waals surface area contributed by atoms with Crippen molar-refractivity contribution in [2.75, 3.05) is 30.2 Å². The van der Waals surface area contributed by atoms with E-state index in [0.717, 1.165) is 48.7 Å². The van der Waals surface area contributed by atoms with Gasteiger partial charge in [-0.3, -0.25) is 14.0 Å². The Labute approximate surface area is 182 Å². The lowest BCUT2D eigenvalue weighted by Gasteiger charge is -2.27. The second kappa shape index (κ2) is 10.1. The minimum Gasteiger partial charge on any atom is -0.298 e. The molecule has 1 amide bonds. The van der Waals surface area contributed by atoms with Crippen LogP contribution in [0.15, 0.2) is 59.7 Å². The molecule has 1 fully saturated rings. The lowest BCUT2D eigenvalue weighted by Crippen LogP contribution is -2.40. The smallest absolute Gasteiger partial charge is 0.260 e. The van der Waals surface area contributed by atoms with Gasteiger partial charge in [0.05, 0.1) is 11.9 Å². The van der Waals surface area contributed by atoms with Crippen LogP contribution in [-0.4, -0.2) is 50.8 Å². The van der Waals surface area contributed by atoms with E-state index < -0.39 is 15.9 Å². The zero-order valence-electron chi connectivity index (χ0n) is 16.8. The van der Waals surface area contributed by atoms with Crippen molar-refractivity contribution in [3.8, 4) is 0 Å². The summed E-state index contributed by atoms with van der Waals surface area (Å²) < 4.78 is 25.3. The van der Waals surface area contributed by atoms with Gasteiger partial charge in [-0.05, 0) is 29.8 Å². The van der Waals surface area contributed by atoms with E-state index in [-0.39, 0.29) is 6.54 Å². The number of nitrogens with one attached hydrogen (secondary N) is 1. The molecule has 0 radical (unpaired) electrons. The maximum absolute atomic E-state index is 12.3. The summed E-state index contributed by atoms with van der Waals surface area (Å²) >= 11 is 5.86. The van der Waals surface area contributed by atoms with Crippen molar-refractivity contribution in [2.24, 2.45) is 5.10 Å². The first-order valence-electron chi connectivity index (χ1n) is 9.65. The minimum atomic E-state index is -3.63. The summed E-state index contributed by atoms with van der Waals surface area (Å²) in [4.78, 5) is 14.7. The highest BCUT2D eigenvalue weighted by atomic mass is 35.5. The number of nitrogens with zero attached hydrogens (tertiary/aromatic N) is 3. The van der Waals surface area contributed by atoms with Crippen molar-refractivity contribution in [1.82, 2.24) is 10.3 Å². The van der Waals surface area contributed by atoms with E-state index in [1.807, 2.05) is 18.2 Å². The number of benzene rings is 2. The number of piperidine rings is 1. The fraction of sp³-hybridized carbons (Fsp3) is 0.333. The molecule has 30 heavy (non-hydrogen) atoms. The number of carbonyl (C=O) groups is 1. The van der Waals surface area contributed by atoms with Gasteiger partial charge in [-0.1, -0.05) is 41.9 Å². The van der Waals surface area contributed by atoms with Crippen molar-refractivity contribution < 1.29 is 13.2 Å². The van der Waals surface area contributed by atoms with Gasteiger partial charge in [0.25, 0.3) is 5.91 Å². The minimum absolute atomic E-state index is 0.350. The molecule has 3 rings (SSSR count). The zero-order chi connectivity index (χ0) is 21.6. The molecule has 0 unspecified atom stereocenters. The fourth-order valence-corrected chi connectivity index (χ4v) is 4.22. The number of hydrazone groups is 1. The number of likely N-dealkylation sites (tertiary alicyclic amines) is 1. The molecule has 1 aliphatic heterocycles. The Kier molecular flexibility index (Phi) is 7.47. The molecule has 0 bridgehead atoms. The highest BCUT2D eigenvalue weighted by Crippen LogP contribution is 2.20. The highest BCUT2D eigenvalue weighted by Gasteiger charge is 2.21. The second-order valence-electron chi connectivity index (χ2n) is 7.22. The van der Waals surface area contributed by atoms with Gasteiger partial charge in [0, 0.05) is 43.2 Å². The van der Waals surface area contributed by atoms with Gasteiger partial charge in [0.15, 0.2) is 0 Å². The van der Waals surface area contributed by atoms with E-state index in [1.54, 1.807) is 24.3 Å². The van der Waals surface area contributed by atoms with Gasteiger partial charge < -0.3 is 0 Å². The quantitative estimate of drug-likeness (QED) is 0.660. The third-order valence-electron chi connectivity index (χ3n) is 4.82. The lowest BCUT2D eigenvalue weighted by molar-refractivity contribution is -0.119. The Morgan fingerprint density at radius 2 is 1.73 bits per heavy atom. The summed E-state index contributed by atoms with van der Waals surface area (Å²) in [5.41, 5.74) is 5.05. The molecular weight excluding hydrogens is 424 g/mol. The monoisotopic (exact) mass is 448 g/mol. The van der Waals surface area contributed by atoms with Crippen LogP contribution in [0.25, 0.3) is 0 Å². The molecule has 0 saturated carbocycles. The number of sulfonamides is 1. The molecule has 1 N–H and O–H groups in total. The molecule has 0 atom stereocenters. The van der Waals surface area contributed by atoms with E-state index in [4.69, 9.17) is 11.6 Å². The van der Waals surface area contributed by atoms with Gasteiger partial charge in [-0.2, -0.15) is 5.10 Å². The van der Waals surface area contributed by atoms with Gasteiger partial charge in [0.1, 0.15) is 6.54 Å². The van der Waals surface area contributed by atoms with Crippen LogP contribution in [0.4, 0.5) is 5.69 Å². The van der Waals surface area contributed by atoms with E-state index in [2.05, 4.69) is 27.6 Å². The topological polar surface area (TPSA) is 82.1 Å². The number of anilines is 1. The van der Waals surface area contributed by atoms with Gasteiger partial charge >= 0.3 is 0 Å². The zero-order valence-corrected chi connectivity index (χ0v) is 18.4. The normalized spacial score (nSPS) is 14.9. The number of halogens is 1. The summed E-state index contributed by atoms with van der Waals surface area (Å²) in [6.07, 6.45) is 2.59. The van der Waals surface area contributed by atoms with E-state index in [1.165, 1.54) is 5.56 Å². The average Bonchev–Trinajstić information content (AvgIpc) is 2.72. The first-order chi connectivity index (χ1) is 14.3. The summed E-state index contributed by atoms with van der Waals surface area (Å²) in [5.74, 6) is -0.491. The maximum Gasteiger partial charge on any atom is 0.260 e. The van der Waals surface area contributed by atoms with Crippen molar-refractivity contribution in [3.05, 3.63) is 65.2 Å². The van der Waals surface area contributed by atoms with Gasteiger partial charge in [-0.15, -0.1) is 0 Å². The van der Waals surface area contributed by atoms with Gasteiger partial charge in [0.2, 0.25) is 10.0 Å².